The Morgan fingerprint density at radius 3 is 3.00 bits per heavy atom. The molecule has 0 aliphatic heterocycles. The molecule has 0 radical (unpaired) electrons. The average Bonchev–Trinajstić information content (AvgIpc) is 2.05. The van der Waals surface area contributed by atoms with E-state index in [1.54, 1.807) is 19.4 Å². The maximum atomic E-state index is 5.15. The van der Waals surface area contributed by atoms with Crippen molar-refractivity contribution in [3.8, 4) is 6.01 Å². The summed E-state index contributed by atoms with van der Waals surface area (Å²) in [5.41, 5.74) is 0. The molecular weight excluding hydrogens is 224 g/mol. The molecule has 1 rings (SSSR count). The summed E-state index contributed by atoms with van der Waals surface area (Å²) in [6, 6.07) is 2.10. The number of hydrogen-bond donors (Lipinski definition) is 0. The molecule has 1 aromatic rings. The fraction of sp³-hybridized carbons (Fsp3) is 0.429. The second kappa shape index (κ2) is 5.05. The van der Waals surface area contributed by atoms with Gasteiger partial charge >= 0.3 is 6.01 Å². The van der Waals surface area contributed by atoms with Crippen LogP contribution in [0, 0.1) is 0 Å². The van der Waals surface area contributed by atoms with Crippen LogP contribution in [0.3, 0.4) is 0 Å². The van der Waals surface area contributed by atoms with Gasteiger partial charge in [-0.15, -0.1) is 0 Å². The van der Waals surface area contributed by atoms with Crippen LogP contribution in [0.4, 0.5) is 0 Å². The molecule has 66 valence electrons. The minimum atomic E-state index is 0.362. The third kappa shape index (κ3) is 3.15. The predicted molar refractivity (Wildman–Crippen MR) is 47.1 cm³/mol. The summed E-state index contributed by atoms with van der Waals surface area (Å²) in [7, 11) is 1.62. The fourth-order valence-electron chi connectivity index (χ4n) is 0.606. The van der Waals surface area contributed by atoms with E-state index < -0.39 is 0 Å². The Bertz CT molecular complexity index is 245. The van der Waals surface area contributed by atoms with E-state index in [0.717, 1.165) is 0 Å². The zero-order valence-corrected chi connectivity index (χ0v) is 8.24. The van der Waals surface area contributed by atoms with Gasteiger partial charge in [-0.3, -0.25) is 0 Å². The minimum absolute atomic E-state index is 0.362. The van der Waals surface area contributed by atoms with Gasteiger partial charge in [0, 0.05) is 13.3 Å². The highest BCUT2D eigenvalue weighted by Crippen LogP contribution is 2.07. The Kier molecular flexibility index (Phi) is 3.96. The standard InChI is InChI=1S/C7H9BrN2O2/c1-11-4-5-12-7-9-3-2-6(8)10-7/h2-3H,4-5H2,1H3. The average molecular weight is 233 g/mol. The highest BCUT2D eigenvalue weighted by atomic mass is 79.9. The summed E-state index contributed by atoms with van der Waals surface area (Å²) in [6.45, 7) is 1.00. The van der Waals surface area contributed by atoms with Crippen molar-refractivity contribution < 1.29 is 9.47 Å². The molecule has 1 heterocycles. The lowest BCUT2D eigenvalue weighted by molar-refractivity contribution is 0.140. The van der Waals surface area contributed by atoms with E-state index >= 15 is 0 Å². The minimum Gasteiger partial charge on any atom is -0.461 e. The summed E-state index contributed by atoms with van der Waals surface area (Å²) in [6.07, 6.45) is 1.62. The van der Waals surface area contributed by atoms with E-state index in [4.69, 9.17) is 9.47 Å². The van der Waals surface area contributed by atoms with Gasteiger partial charge in [0.15, 0.2) is 0 Å². The Balaban J connectivity index is 2.41. The lowest BCUT2D eigenvalue weighted by Crippen LogP contribution is -2.06. The van der Waals surface area contributed by atoms with E-state index in [0.29, 0.717) is 23.8 Å². The van der Waals surface area contributed by atoms with Crippen LogP contribution in [0.25, 0.3) is 0 Å². The van der Waals surface area contributed by atoms with Crippen molar-refractivity contribution in [1.29, 1.82) is 0 Å². The predicted octanol–water partition coefficient (Wildman–Crippen LogP) is 1.26. The SMILES string of the molecule is COCCOc1nccc(Br)n1. The summed E-state index contributed by atoms with van der Waals surface area (Å²) < 4.78 is 10.7. The van der Waals surface area contributed by atoms with E-state index in [2.05, 4.69) is 25.9 Å². The van der Waals surface area contributed by atoms with Crippen molar-refractivity contribution in [2.24, 2.45) is 0 Å². The zero-order chi connectivity index (χ0) is 8.81. The number of halogens is 1. The van der Waals surface area contributed by atoms with E-state index in [1.807, 2.05) is 0 Å². The van der Waals surface area contributed by atoms with E-state index in [1.165, 1.54) is 0 Å². The first-order chi connectivity index (χ1) is 5.83. The van der Waals surface area contributed by atoms with Crippen LogP contribution in [-0.2, 0) is 4.74 Å². The third-order valence-corrected chi connectivity index (χ3v) is 1.56. The van der Waals surface area contributed by atoms with E-state index in [9.17, 15) is 0 Å². The molecule has 0 atom stereocenters. The first kappa shape index (κ1) is 9.41. The normalized spacial score (nSPS) is 9.83. The molecule has 0 N–H and O–H groups in total. The third-order valence-electron chi connectivity index (χ3n) is 1.12. The highest BCUT2D eigenvalue weighted by Gasteiger charge is 1.96. The van der Waals surface area contributed by atoms with Gasteiger partial charge in [-0.25, -0.2) is 4.98 Å². The Labute approximate surface area is 79.1 Å². The van der Waals surface area contributed by atoms with Crippen LogP contribution in [0.15, 0.2) is 16.9 Å². The van der Waals surface area contributed by atoms with E-state index in [-0.39, 0.29) is 0 Å². The molecule has 0 saturated heterocycles. The van der Waals surface area contributed by atoms with Gasteiger partial charge in [0.2, 0.25) is 0 Å². The molecule has 12 heavy (non-hydrogen) atoms. The number of rotatable bonds is 4. The molecule has 1 aromatic heterocycles. The van der Waals surface area contributed by atoms with Gasteiger partial charge in [-0.05, 0) is 22.0 Å². The maximum Gasteiger partial charge on any atom is 0.317 e. The van der Waals surface area contributed by atoms with Crippen LogP contribution in [0.5, 0.6) is 6.01 Å². The molecule has 0 bridgehead atoms. The lowest BCUT2D eigenvalue weighted by atomic mass is 10.7. The molecule has 0 fully saturated rings. The fourth-order valence-corrected chi connectivity index (χ4v) is 0.876. The smallest absolute Gasteiger partial charge is 0.317 e. The molecule has 0 saturated carbocycles. The van der Waals surface area contributed by atoms with Crippen molar-refractivity contribution in [3.63, 3.8) is 0 Å². The van der Waals surface area contributed by atoms with Crippen LogP contribution in [0.1, 0.15) is 0 Å². The second-order valence-electron chi connectivity index (χ2n) is 2.00. The lowest BCUT2D eigenvalue weighted by Gasteiger charge is -2.02. The molecule has 0 amide bonds. The van der Waals surface area contributed by atoms with Crippen LogP contribution >= 0.6 is 15.9 Å². The Hall–Kier alpha value is -0.680. The molecule has 5 heteroatoms. The molecule has 4 nitrogen and oxygen atoms in total. The highest BCUT2D eigenvalue weighted by molar-refractivity contribution is 9.10. The number of methoxy groups -OCH3 is 1. The van der Waals surface area contributed by atoms with Crippen molar-refractivity contribution in [3.05, 3.63) is 16.9 Å². The van der Waals surface area contributed by atoms with Gasteiger partial charge in [0.1, 0.15) is 11.2 Å². The van der Waals surface area contributed by atoms with Gasteiger partial charge in [-0.2, -0.15) is 4.98 Å². The number of ether oxygens (including phenoxy) is 2. The van der Waals surface area contributed by atoms with Crippen molar-refractivity contribution in [1.82, 2.24) is 9.97 Å². The molecular formula is C7H9BrN2O2. The molecule has 0 aliphatic rings. The zero-order valence-electron chi connectivity index (χ0n) is 6.66. The van der Waals surface area contributed by atoms with Crippen molar-refractivity contribution >= 4 is 15.9 Å². The number of aromatic nitrogens is 2. The number of nitrogens with zero attached hydrogens (tertiary/aromatic N) is 2. The monoisotopic (exact) mass is 232 g/mol. The van der Waals surface area contributed by atoms with Gasteiger partial charge in [0.25, 0.3) is 0 Å². The topological polar surface area (TPSA) is 44.2 Å². The van der Waals surface area contributed by atoms with Gasteiger partial charge in [0.05, 0.1) is 6.61 Å². The molecule has 0 aromatic carbocycles. The van der Waals surface area contributed by atoms with Crippen molar-refractivity contribution in [2.75, 3.05) is 20.3 Å². The summed E-state index contributed by atoms with van der Waals surface area (Å²) >= 11 is 3.21. The second-order valence-corrected chi connectivity index (χ2v) is 2.82. The number of hydrogen-bond acceptors (Lipinski definition) is 4. The first-order valence-corrected chi connectivity index (χ1v) is 4.22. The Morgan fingerprint density at radius 2 is 2.33 bits per heavy atom. The summed E-state index contributed by atoms with van der Waals surface area (Å²) in [4.78, 5) is 7.87. The quantitative estimate of drug-likeness (QED) is 0.580. The van der Waals surface area contributed by atoms with Crippen LogP contribution < -0.4 is 4.74 Å². The maximum absolute atomic E-state index is 5.15. The first-order valence-electron chi connectivity index (χ1n) is 3.43. The largest absolute Gasteiger partial charge is 0.461 e. The summed E-state index contributed by atoms with van der Waals surface area (Å²) in [5, 5.41) is 0. The van der Waals surface area contributed by atoms with Crippen molar-refractivity contribution in [2.45, 2.75) is 0 Å². The molecule has 0 spiro atoms. The van der Waals surface area contributed by atoms with Crippen LogP contribution in [-0.4, -0.2) is 30.3 Å². The van der Waals surface area contributed by atoms with Gasteiger partial charge in [-0.1, -0.05) is 0 Å². The summed E-state index contributed by atoms with van der Waals surface area (Å²) in [5.74, 6) is 0. The van der Waals surface area contributed by atoms with Crippen LogP contribution in [0.2, 0.25) is 0 Å². The Morgan fingerprint density at radius 1 is 1.50 bits per heavy atom. The molecule has 0 aliphatic carbocycles. The van der Waals surface area contributed by atoms with Gasteiger partial charge < -0.3 is 9.47 Å². The molecule has 0 unspecified atom stereocenters.